The number of piperidine rings is 1. The van der Waals surface area contributed by atoms with E-state index in [0.717, 1.165) is 38.9 Å². The summed E-state index contributed by atoms with van der Waals surface area (Å²) in [4.78, 5) is 53.8. The number of aliphatic hydroxyl groups is 2. The van der Waals surface area contributed by atoms with Crippen LogP contribution in [-0.4, -0.2) is 106 Å². The predicted molar refractivity (Wildman–Crippen MR) is 232 cm³/mol. The number of unbranched alkanes of at least 4 members (excludes halogenated alkanes) is 2. The summed E-state index contributed by atoms with van der Waals surface area (Å²) in [5.74, 6) is -6.88. The Morgan fingerprint density at radius 2 is 1.63 bits per heavy atom. The number of hydrogen-bond acceptors (Lipinski definition) is 14. The van der Waals surface area contributed by atoms with Crippen molar-refractivity contribution in [3.8, 4) is 17.2 Å². The fraction of sp³-hybridized carbons (Fsp3) is 0.596. The van der Waals surface area contributed by atoms with Gasteiger partial charge in [-0.2, -0.15) is 0 Å². The normalized spacial score (nSPS) is 32.2. The van der Waals surface area contributed by atoms with E-state index in [-0.39, 0.29) is 55.4 Å². The van der Waals surface area contributed by atoms with Crippen molar-refractivity contribution in [3.63, 3.8) is 0 Å². The van der Waals surface area contributed by atoms with Crippen LogP contribution < -0.4 is 20.8 Å². The molecule has 1 saturated heterocycles. The molecular weight excluding hydrogens is 797 g/mol. The first-order valence-corrected chi connectivity index (χ1v) is 21.9. The van der Waals surface area contributed by atoms with Gasteiger partial charge in [-0.25, -0.2) is 0 Å². The van der Waals surface area contributed by atoms with Gasteiger partial charge in [-0.15, -0.1) is 0 Å². The molecule has 4 aliphatic rings. The minimum Gasteiger partial charge on any atom is -0.507 e. The van der Waals surface area contributed by atoms with Gasteiger partial charge in [0, 0.05) is 87.1 Å². The Morgan fingerprint density at radius 1 is 0.952 bits per heavy atom. The number of nitrogens with zero attached hydrogens (tertiary/aromatic N) is 3. The molecule has 0 radical (unpaired) electrons. The Bertz CT molecular complexity index is 2300. The number of esters is 1. The fourth-order valence-electron chi connectivity index (χ4n) is 9.31. The monoisotopic (exact) mass is 860 g/mol. The maximum absolute atomic E-state index is 14.7. The second-order valence-corrected chi connectivity index (χ2v) is 17.8. The van der Waals surface area contributed by atoms with Gasteiger partial charge in [-0.3, -0.25) is 24.4 Å². The zero-order valence-corrected chi connectivity index (χ0v) is 37.7. The number of aliphatic hydroxyl groups excluding tert-OH is 2. The number of fused-ring (bicyclic) bond motifs is 1. The summed E-state index contributed by atoms with van der Waals surface area (Å²) in [5, 5.41) is 50.3. The molecule has 1 spiro atoms. The molecule has 2 aromatic rings. The first-order chi connectivity index (χ1) is 29.3. The number of rotatable bonds is 6. The number of likely N-dealkylation sites (tertiary alicyclic amines) is 1. The number of amides is 1. The quantitative estimate of drug-likeness (QED) is 0.143. The van der Waals surface area contributed by atoms with Crippen LogP contribution in [0.2, 0.25) is 0 Å². The van der Waals surface area contributed by atoms with Gasteiger partial charge in [0.1, 0.15) is 28.6 Å². The Labute approximate surface area is 363 Å². The number of ketones is 1. The fourth-order valence-corrected chi connectivity index (χ4v) is 9.31. The standard InChI is InChI=1S/C47H64N4O11/c1-11-12-13-20-51-21-18-47(19-22-51)49-35-32-33-40(55)29(7)43-34(32)44(57)46(9,62-43)60-23-17-31(59-10)26(4)42(61-30(8)52)28(6)39(54)27(5)38(53)24(2)15-14-16-25(3)45(58)48-37(41(33)56)36(35)50-47/h14-17,23-24,26-28,31,38-39,42,53-56H,11-13,18-22H2,1-10H3,(H,48,58)/b15-14-,23-17-,25-16+/t24-,26-,27+,28+,31-,38-,39+,42-,46-/m0/s1. The molecular formula is C47H64N4O11. The highest BCUT2D eigenvalue weighted by atomic mass is 16.7. The molecule has 1 amide bonds. The molecule has 0 saturated carbocycles. The van der Waals surface area contributed by atoms with Crippen molar-refractivity contribution in [2.24, 2.45) is 33.7 Å². The molecule has 0 aromatic heterocycles. The number of methoxy groups -OCH3 is 1. The molecule has 2 aromatic carbocycles. The molecule has 1 fully saturated rings. The van der Waals surface area contributed by atoms with Crippen molar-refractivity contribution < 1.29 is 53.8 Å². The van der Waals surface area contributed by atoms with E-state index in [1.807, 2.05) is 0 Å². The number of ether oxygens (including phenoxy) is 4. The van der Waals surface area contributed by atoms with Crippen molar-refractivity contribution in [1.29, 1.82) is 0 Å². The molecule has 15 heteroatoms. The number of Topliss-reactive ketones (excluding diaryl/α,β-unsaturated/α-hetero) is 1. The summed E-state index contributed by atoms with van der Waals surface area (Å²) in [6.07, 6.45) is 8.41. The zero-order valence-electron chi connectivity index (χ0n) is 37.7. The first-order valence-electron chi connectivity index (χ1n) is 21.9. The van der Waals surface area contributed by atoms with Crippen molar-refractivity contribution >= 4 is 34.1 Å². The summed E-state index contributed by atoms with van der Waals surface area (Å²) in [6, 6.07) is 0. The van der Waals surface area contributed by atoms with Crippen molar-refractivity contribution in [2.75, 3.05) is 32.1 Å². The second-order valence-electron chi connectivity index (χ2n) is 17.8. The summed E-state index contributed by atoms with van der Waals surface area (Å²) in [7, 11) is 1.47. The Morgan fingerprint density at radius 3 is 2.27 bits per heavy atom. The second kappa shape index (κ2) is 18.5. The number of carbonyl (C=O) groups excluding carboxylic acids is 3. The third-order valence-electron chi connectivity index (χ3n) is 13.3. The average Bonchev–Trinajstić information content (AvgIpc) is 3.74. The minimum atomic E-state index is -1.96. The lowest BCUT2D eigenvalue weighted by Crippen LogP contribution is -2.46. The highest BCUT2D eigenvalue weighted by Crippen LogP contribution is 2.50. The van der Waals surface area contributed by atoms with Crippen LogP contribution in [0, 0.1) is 30.6 Å². The van der Waals surface area contributed by atoms with Crippen LogP contribution >= 0.6 is 0 Å². The summed E-state index contributed by atoms with van der Waals surface area (Å²) < 4.78 is 24.0. The van der Waals surface area contributed by atoms with Gasteiger partial charge < -0.3 is 49.6 Å². The predicted octanol–water partition coefficient (Wildman–Crippen LogP) is 5.28. The Balaban J connectivity index is 1.52. The molecule has 5 N–H and O–H groups in total. The third kappa shape index (κ3) is 8.73. The van der Waals surface area contributed by atoms with Gasteiger partial charge in [0.15, 0.2) is 11.4 Å². The number of nitrogens with one attached hydrogen (secondary N) is 1. The summed E-state index contributed by atoms with van der Waals surface area (Å²) in [6.45, 7) is 17.5. The average molecular weight is 861 g/mol. The molecule has 4 heterocycles. The number of allylic oxidation sites excluding steroid dienone is 2. The number of aromatic hydroxyl groups is 2. The SMILES string of the molecule is CCCCCN1CCC2(CC1)N=c1c3c(O)c4c(O)c(C)c5c(c4c1=N2)C(=O)[C@@](C)(O/C=C\[C@H](OC)[C@H](C)[C@H](OC(C)=O)[C@H](C)[C@H](O)[C@H](C)[C@@H](O)[C@@H](C)/C=C\C=C(/C)C(=O)N3)O5. The van der Waals surface area contributed by atoms with Crippen LogP contribution in [0.25, 0.3) is 10.8 Å². The molecule has 15 nitrogen and oxygen atoms in total. The van der Waals surface area contributed by atoms with E-state index in [1.54, 1.807) is 65.8 Å². The van der Waals surface area contributed by atoms with E-state index >= 15 is 0 Å². The van der Waals surface area contributed by atoms with Gasteiger partial charge in [0.05, 0.1) is 40.9 Å². The lowest BCUT2D eigenvalue weighted by atomic mass is 9.78. The minimum absolute atomic E-state index is 0.0409. The molecule has 0 aliphatic carbocycles. The Kier molecular flexibility index (Phi) is 13.9. The smallest absolute Gasteiger partial charge is 0.312 e. The van der Waals surface area contributed by atoms with E-state index in [2.05, 4.69) is 17.1 Å². The number of benzene rings is 2. The maximum atomic E-state index is 14.7. The van der Waals surface area contributed by atoms with Crippen LogP contribution in [-0.2, 0) is 23.8 Å². The van der Waals surface area contributed by atoms with E-state index in [1.165, 1.54) is 27.2 Å². The van der Waals surface area contributed by atoms with Crippen LogP contribution in [0.15, 0.2) is 46.1 Å². The highest BCUT2D eigenvalue weighted by Gasteiger charge is 2.50. The van der Waals surface area contributed by atoms with Gasteiger partial charge in [0.25, 0.3) is 11.7 Å². The number of phenolic OH excluding ortho intramolecular Hbond substituents is 2. The van der Waals surface area contributed by atoms with E-state index in [0.29, 0.717) is 12.8 Å². The first kappa shape index (κ1) is 46.7. The van der Waals surface area contributed by atoms with Crippen LogP contribution in [0.1, 0.15) is 103 Å². The molecule has 62 heavy (non-hydrogen) atoms. The Hall–Kier alpha value is -4.83. The lowest BCUT2D eigenvalue weighted by molar-refractivity contribution is -0.160. The summed E-state index contributed by atoms with van der Waals surface area (Å²) in [5.41, 5.74) is -0.548. The lowest BCUT2D eigenvalue weighted by Gasteiger charge is -2.38. The van der Waals surface area contributed by atoms with Crippen molar-refractivity contribution in [2.45, 2.75) is 130 Å². The van der Waals surface area contributed by atoms with Gasteiger partial charge in [-0.05, 0) is 32.9 Å². The van der Waals surface area contributed by atoms with E-state index in [9.17, 15) is 34.8 Å². The van der Waals surface area contributed by atoms with E-state index < -0.39 is 82.9 Å². The third-order valence-corrected chi connectivity index (χ3v) is 13.3. The van der Waals surface area contributed by atoms with Gasteiger partial charge >= 0.3 is 11.8 Å². The van der Waals surface area contributed by atoms with Crippen LogP contribution in [0.5, 0.6) is 17.2 Å². The number of anilines is 1. The molecule has 6 rings (SSSR count). The van der Waals surface area contributed by atoms with E-state index in [4.69, 9.17) is 28.9 Å². The van der Waals surface area contributed by atoms with Crippen molar-refractivity contribution in [3.05, 3.63) is 58.0 Å². The maximum Gasteiger partial charge on any atom is 0.312 e. The van der Waals surface area contributed by atoms with Crippen LogP contribution in [0.4, 0.5) is 5.69 Å². The molecule has 4 bridgehead atoms. The molecule has 0 unspecified atom stereocenters. The van der Waals surface area contributed by atoms with Gasteiger partial charge in [0.2, 0.25) is 0 Å². The topological polar surface area (TPSA) is 209 Å². The summed E-state index contributed by atoms with van der Waals surface area (Å²) >= 11 is 0. The molecule has 4 aliphatic heterocycles. The molecule has 338 valence electrons. The number of hydrogen-bond donors (Lipinski definition) is 5. The largest absolute Gasteiger partial charge is 0.507 e. The van der Waals surface area contributed by atoms with Crippen molar-refractivity contribution in [1.82, 2.24) is 4.90 Å². The highest BCUT2D eigenvalue weighted by molar-refractivity contribution is 6.19. The molecule has 9 atom stereocenters. The van der Waals surface area contributed by atoms with Crippen LogP contribution in [0.3, 0.4) is 0 Å². The van der Waals surface area contributed by atoms with Gasteiger partial charge in [-0.1, -0.05) is 65.7 Å². The zero-order chi connectivity index (χ0) is 45.4. The number of phenols is 2. The number of carbonyl (C=O) groups is 3.